The third kappa shape index (κ3) is 6.80. The number of methoxy groups -OCH3 is 1. The Morgan fingerprint density at radius 1 is 1.05 bits per heavy atom. The van der Waals surface area contributed by atoms with Crippen LogP contribution in [0.2, 0.25) is 10.0 Å². The lowest BCUT2D eigenvalue weighted by molar-refractivity contribution is -0.133. The summed E-state index contributed by atoms with van der Waals surface area (Å²) in [5.74, 6) is 0.402. The second-order valence-corrected chi connectivity index (χ2v) is 18.0. The number of halogens is 3. The van der Waals surface area contributed by atoms with Crippen LogP contribution in [-0.2, 0) is 16.0 Å². The summed E-state index contributed by atoms with van der Waals surface area (Å²) in [6, 6.07) is 14.2. The first-order chi connectivity index (χ1) is 28.3. The standard InChI is InChI=1S/C45H45Cl2FN6O5/c1-23-29-20-33(32-19-27(22-52(32)43(55)24-13-14-24)58-35-12-8-16-50-42(35)57-5)54(40-26-18-34(40)53(21-26)44(56)59-45(2,3)4)41(29)30-17-25(9-7-15-49)36(38(48)39(30)51-23)28-10-6-11-31(46)37(28)47/h6,8,10-12,16-17,20,24,26-27,32,34,40H,7,9,13-14,18-19,21-22H2,1-5H3/t26-,27+,32-,34-,40+/m1/s1. The van der Waals surface area contributed by atoms with E-state index in [1.165, 1.54) is 0 Å². The van der Waals surface area contributed by atoms with Crippen LogP contribution in [0.25, 0.3) is 32.9 Å². The van der Waals surface area contributed by atoms with Crippen LogP contribution in [0.15, 0.2) is 48.7 Å². The molecule has 2 bridgehead atoms. The van der Waals surface area contributed by atoms with Crippen LogP contribution in [0.5, 0.6) is 11.6 Å². The van der Waals surface area contributed by atoms with Crippen molar-refractivity contribution < 1.29 is 28.2 Å². The van der Waals surface area contributed by atoms with Crippen molar-refractivity contribution in [1.82, 2.24) is 24.3 Å². The highest BCUT2D eigenvalue weighted by Gasteiger charge is 2.57. The van der Waals surface area contributed by atoms with Crippen molar-refractivity contribution >= 4 is 57.0 Å². The van der Waals surface area contributed by atoms with Gasteiger partial charge in [0.05, 0.1) is 53.4 Å². The molecule has 306 valence electrons. The van der Waals surface area contributed by atoms with Crippen molar-refractivity contribution in [2.45, 2.75) is 96.1 Å². The van der Waals surface area contributed by atoms with E-state index < -0.39 is 17.5 Å². The normalized spacial score (nSPS) is 22.5. The van der Waals surface area contributed by atoms with Gasteiger partial charge < -0.3 is 28.6 Å². The minimum atomic E-state index is -0.676. The van der Waals surface area contributed by atoms with Crippen LogP contribution < -0.4 is 9.47 Å². The van der Waals surface area contributed by atoms with E-state index in [2.05, 4.69) is 21.7 Å². The molecule has 14 heteroatoms. The number of carbonyl (C=O) groups excluding carboxylic acids is 2. The van der Waals surface area contributed by atoms with Gasteiger partial charge in [0.25, 0.3) is 5.88 Å². The van der Waals surface area contributed by atoms with E-state index in [1.54, 1.807) is 37.6 Å². The first kappa shape index (κ1) is 39.3. The monoisotopic (exact) mass is 838 g/mol. The minimum Gasteiger partial charge on any atom is -0.483 e. The fourth-order valence-electron chi connectivity index (χ4n) is 9.53. The van der Waals surface area contributed by atoms with Gasteiger partial charge in [-0.15, -0.1) is 0 Å². The molecule has 5 aromatic rings. The van der Waals surface area contributed by atoms with E-state index >= 15 is 4.39 Å². The SMILES string of the molecule is COc1ncccc1O[C@H]1C[C@H](c2cc3c(C)nc4c(F)c(-c5cccc(Cl)c5Cl)c(CCC#N)cc4c3n2[C@H]2[C@@H]3C[C@H]2N(C(=O)OC(C)(C)C)C3)N(C(=O)C2CC2)C1. The predicted octanol–water partition coefficient (Wildman–Crippen LogP) is 9.78. The van der Waals surface area contributed by atoms with E-state index in [1.807, 2.05) is 49.6 Å². The Labute approximate surface area is 351 Å². The second kappa shape index (κ2) is 14.9. The highest BCUT2D eigenvalue weighted by Crippen LogP contribution is 2.55. The van der Waals surface area contributed by atoms with Crippen LogP contribution in [0.3, 0.4) is 0 Å². The third-order valence-corrected chi connectivity index (χ3v) is 13.1. The van der Waals surface area contributed by atoms with Gasteiger partial charge in [-0.2, -0.15) is 5.26 Å². The Morgan fingerprint density at radius 2 is 1.85 bits per heavy atom. The number of benzene rings is 2. The number of ether oxygens (including phenoxy) is 3. The van der Waals surface area contributed by atoms with Crippen LogP contribution >= 0.6 is 23.2 Å². The molecule has 2 aliphatic carbocycles. The summed E-state index contributed by atoms with van der Waals surface area (Å²) < 4.78 is 37.7. The second-order valence-electron chi connectivity index (χ2n) is 17.2. The maximum Gasteiger partial charge on any atom is 0.410 e. The maximum atomic E-state index is 17.5. The Morgan fingerprint density at radius 3 is 2.58 bits per heavy atom. The van der Waals surface area contributed by atoms with Crippen molar-refractivity contribution in [3.63, 3.8) is 0 Å². The Bertz CT molecular complexity index is 2580. The molecule has 2 saturated carbocycles. The van der Waals surface area contributed by atoms with Gasteiger partial charge in [0.1, 0.15) is 17.2 Å². The number of aryl methyl sites for hydroxylation is 2. The molecule has 59 heavy (non-hydrogen) atoms. The molecule has 3 saturated heterocycles. The number of amides is 2. The molecule has 2 aromatic carbocycles. The van der Waals surface area contributed by atoms with Crippen LogP contribution in [0.1, 0.15) is 81.9 Å². The molecule has 11 nitrogen and oxygen atoms in total. The Kier molecular flexibility index (Phi) is 9.91. The summed E-state index contributed by atoms with van der Waals surface area (Å²) >= 11 is 13.2. The van der Waals surface area contributed by atoms with Crippen molar-refractivity contribution in [2.75, 3.05) is 20.2 Å². The van der Waals surface area contributed by atoms with E-state index in [4.69, 9.17) is 42.4 Å². The molecule has 2 amide bonds. The summed E-state index contributed by atoms with van der Waals surface area (Å²) in [4.78, 5) is 41.0. The number of likely N-dealkylation sites (tertiary alicyclic amines) is 1. The van der Waals surface area contributed by atoms with Crippen LogP contribution in [-0.4, -0.2) is 74.3 Å². The lowest BCUT2D eigenvalue weighted by Crippen LogP contribution is -2.45. The summed E-state index contributed by atoms with van der Waals surface area (Å²) in [6.45, 7) is 8.31. The van der Waals surface area contributed by atoms with Gasteiger partial charge in [0, 0.05) is 70.7 Å². The van der Waals surface area contributed by atoms with Gasteiger partial charge in [-0.05, 0) is 89.3 Å². The maximum absolute atomic E-state index is 17.5. The number of rotatable bonds is 9. The molecule has 3 aliphatic heterocycles. The topological polar surface area (TPSA) is 123 Å². The molecule has 0 radical (unpaired) electrons. The highest BCUT2D eigenvalue weighted by molar-refractivity contribution is 6.43. The summed E-state index contributed by atoms with van der Waals surface area (Å²) in [6.07, 6.45) is 4.23. The van der Waals surface area contributed by atoms with Crippen LogP contribution in [0.4, 0.5) is 9.18 Å². The number of carbonyl (C=O) groups is 2. The fraction of sp³-hybridized carbons (Fsp3) is 0.444. The molecule has 0 spiro atoms. The van der Waals surface area contributed by atoms with Gasteiger partial charge in [-0.3, -0.25) is 4.79 Å². The average molecular weight is 840 g/mol. The molecule has 6 heterocycles. The molecular formula is C45H45Cl2FN6O5. The van der Waals surface area contributed by atoms with E-state index in [-0.39, 0.29) is 76.0 Å². The number of pyridine rings is 2. The van der Waals surface area contributed by atoms with Crippen molar-refractivity contribution in [3.05, 3.63) is 81.5 Å². The number of aromatic nitrogens is 3. The lowest BCUT2D eigenvalue weighted by Gasteiger charge is -2.40. The van der Waals surface area contributed by atoms with Gasteiger partial charge in [0.15, 0.2) is 11.6 Å². The molecule has 10 rings (SSSR count). The van der Waals surface area contributed by atoms with Crippen molar-refractivity contribution in [1.29, 1.82) is 5.26 Å². The molecule has 0 N–H and O–H groups in total. The van der Waals surface area contributed by atoms with Crippen molar-refractivity contribution in [3.8, 4) is 28.8 Å². The number of nitriles is 1. The van der Waals surface area contributed by atoms with Gasteiger partial charge in [-0.1, -0.05) is 35.3 Å². The Hall–Kier alpha value is -5.12. The zero-order valence-corrected chi connectivity index (χ0v) is 35.1. The Balaban J connectivity index is 1.26. The molecule has 0 unspecified atom stereocenters. The number of fused-ring (bicyclic) bond motifs is 4. The van der Waals surface area contributed by atoms with Gasteiger partial charge in [-0.25, -0.2) is 19.2 Å². The molecule has 5 aliphatic rings. The zero-order chi connectivity index (χ0) is 41.5. The molecule has 5 atom stereocenters. The van der Waals surface area contributed by atoms with E-state index in [0.29, 0.717) is 53.3 Å². The third-order valence-electron chi connectivity index (χ3n) is 12.3. The first-order valence-electron chi connectivity index (χ1n) is 20.2. The van der Waals surface area contributed by atoms with Gasteiger partial charge in [0.2, 0.25) is 5.91 Å². The number of hydrogen-bond acceptors (Lipinski definition) is 8. The zero-order valence-electron chi connectivity index (χ0n) is 33.6. The highest BCUT2D eigenvalue weighted by atomic mass is 35.5. The largest absolute Gasteiger partial charge is 0.483 e. The smallest absolute Gasteiger partial charge is 0.410 e. The fourth-order valence-corrected chi connectivity index (χ4v) is 9.93. The quantitative estimate of drug-likeness (QED) is 0.144. The number of hydrogen-bond donors (Lipinski definition) is 0. The molecule has 5 fully saturated rings. The first-order valence-corrected chi connectivity index (χ1v) is 21.0. The van der Waals surface area contributed by atoms with Crippen LogP contribution in [0, 0.1) is 35.9 Å². The van der Waals surface area contributed by atoms with E-state index in [0.717, 1.165) is 35.9 Å². The lowest BCUT2D eigenvalue weighted by atomic mass is 9.79. The summed E-state index contributed by atoms with van der Waals surface area (Å²) in [7, 11) is 1.54. The molecule has 3 aromatic heterocycles. The molecular weight excluding hydrogens is 794 g/mol. The van der Waals surface area contributed by atoms with Gasteiger partial charge >= 0.3 is 6.09 Å². The minimum absolute atomic E-state index is 0.0534. The number of nitrogens with zero attached hydrogens (tertiary/aromatic N) is 6. The summed E-state index contributed by atoms with van der Waals surface area (Å²) in [5.41, 5.74) is 3.01. The van der Waals surface area contributed by atoms with E-state index in [9.17, 15) is 14.9 Å². The van der Waals surface area contributed by atoms with Crippen molar-refractivity contribution in [2.24, 2.45) is 11.8 Å². The average Bonchev–Trinajstić information content (AvgIpc) is 3.47. The summed E-state index contributed by atoms with van der Waals surface area (Å²) in [5, 5.41) is 11.6. The predicted molar refractivity (Wildman–Crippen MR) is 222 cm³/mol.